The first-order chi connectivity index (χ1) is 7.16. The second-order valence-electron chi connectivity index (χ2n) is 4.33. The van der Waals surface area contributed by atoms with Crippen LogP contribution in [-0.4, -0.2) is 24.5 Å². The van der Waals surface area contributed by atoms with E-state index >= 15 is 0 Å². The zero-order valence-corrected chi connectivity index (χ0v) is 11.0. The normalized spacial score (nSPS) is 14.8. The fourth-order valence-corrected chi connectivity index (χ4v) is 2.02. The Morgan fingerprint density at radius 1 is 1.38 bits per heavy atom. The monoisotopic (exact) mass is 262 g/mol. The fraction of sp³-hybridized carbons (Fsp3) is 0.455. The van der Waals surface area contributed by atoms with E-state index in [1.165, 1.54) is 13.8 Å². The summed E-state index contributed by atoms with van der Waals surface area (Å²) in [6.45, 7) is 2.99. The first-order valence-electron chi connectivity index (χ1n) is 4.79. The summed E-state index contributed by atoms with van der Waals surface area (Å²) in [6.07, 6.45) is 0.0158. The maximum Gasteiger partial charge on any atom is 0.155 e. The van der Waals surface area contributed by atoms with E-state index in [0.29, 0.717) is 10.6 Å². The summed E-state index contributed by atoms with van der Waals surface area (Å²) in [5.74, 6) is 0. The van der Waals surface area contributed by atoms with Crippen LogP contribution in [0.1, 0.15) is 25.5 Å². The van der Waals surface area contributed by atoms with E-state index in [1.54, 1.807) is 24.3 Å². The van der Waals surface area contributed by atoms with Crippen molar-refractivity contribution in [3.05, 3.63) is 34.9 Å². The molecule has 0 aliphatic carbocycles. The van der Waals surface area contributed by atoms with Gasteiger partial charge >= 0.3 is 0 Å². The van der Waals surface area contributed by atoms with Gasteiger partial charge in [-0.15, -0.1) is 0 Å². The quantitative estimate of drug-likeness (QED) is 0.909. The zero-order chi connectivity index (χ0) is 12.6. The number of halogens is 1. The second kappa shape index (κ2) is 4.35. The molecule has 0 bridgehead atoms. The van der Waals surface area contributed by atoms with Gasteiger partial charge in [-0.1, -0.05) is 23.7 Å². The van der Waals surface area contributed by atoms with Crippen LogP contribution in [0.3, 0.4) is 0 Å². The van der Waals surface area contributed by atoms with Crippen LogP contribution in [0.25, 0.3) is 0 Å². The molecule has 0 aromatic heterocycles. The first kappa shape index (κ1) is 13.5. The van der Waals surface area contributed by atoms with Crippen LogP contribution in [0.4, 0.5) is 0 Å². The Hall–Kier alpha value is -0.580. The van der Waals surface area contributed by atoms with Gasteiger partial charge in [0.05, 0.1) is 10.9 Å². The van der Waals surface area contributed by atoms with Gasteiger partial charge in [0, 0.05) is 11.3 Å². The van der Waals surface area contributed by atoms with Gasteiger partial charge in [0.15, 0.2) is 9.84 Å². The maximum atomic E-state index is 11.6. The molecule has 0 fully saturated rings. The second-order valence-corrected chi connectivity index (χ2v) is 7.37. The van der Waals surface area contributed by atoms with Gasteiger partial charge in [-0.2, -0.15) is 0 Å². The van der Waals surface area contributed by atoms with E-state index in [0.717, 1.165) is 6.26 Å². The molecule has 5 heteroatoms. The molecule has 1 aromatic carbocycles. The predicted octanol–water partition coefficient (Wildman–Crippen LogP) is 2.20. The smallest absolute Gasteiger partial charge is 0.155 e. The molecule has 0 aliphatic heterocycles. The third kappa shape index (κ3) is 2.56. The van der Waals surface area contributed by atoms with Gasteiger partial charge in [-0.05, 0) is 31.5 Å². The van der Waals surface area contributed by atoms with Crippen LogP contribution in [0, 0.1) is 0 Å². The van der Waals surface area contributed by atoms with Gasteiger partial charge in [-0.25, -0.2) is 8.42 Å². The molecule has 1 N–H and O–H groups in total. The van der Waals surface area contributed by atoms with Gasteiger partial charge in [0.25, 0.3) is 0 Å². The average Bonchev–Trinajstić information content (AvgIpc) is 2.14. The SMILES string of the molecule is CC(C)(C(O)c1cccc(Cl)c1)S(C)(=O)=O. The van der Waals surface area contributed by atoms with E-state index < -0.39 is 20.7 Å². The van der Waals surface area contributed by atoms with E-state index in [-0.39, 0.29) is 0 Å². The van der Waals surface area contributed by atoms with Crippen molar-refractivity contribution in [3.8, 4) is 0 Å². The Balaban J connectivity index is 3.17. The Morgan fingerprint density at radius 3 is 2.38 bits per heavy atom. The number of hydrogen-bond acceptors (Lipinski definition) is 3. The number of hydrogen-bond donors (Lipinski definition) is 1. The molecule has 16 heavy (non-hydrogen) atoms. The van der Waals surface area contributed by atoms with Crippen molar-refractivity contribution in [1.82, 2.24) is 0 Å². The van der Waals surface area contributed by atoms with Crippen molar-refractivity contribution < 1.29 is 13.5 Å². The van der Waals surface area contributed by atoms with E-state index in [4.69, 9.17) is 11.6 Å². The molecule has 0 aliphatic rings. The molecule has 0 heterocycles. The van der Waals surface area contributed by atoms with E-state index in [2.05, 4.69) is 0 Å². The lowest BCUT2D eigenvalue weighted by Crippen LogP contribution is -2.37. The van der Waals surface area contributed by atoms with Crippen LogP contribution in [0.2, 0.25) is 5.02 Å². The third-order valence-corrected chi connectivity index (χ3v) is 5.15. The van der Waals surface area contributed by atoms with Gasteiger partial charge in [0.2, 0.25) is 0 Å². The summed E-state index contributed by atoms with van der Waals surface area (Å²) < 4.78 is 21.9. The van der Waals surface area contributed by atoms with E-state index in [9.17, 15) is 13.5 Å². The van der Waals surface area contributed by atoms with Crippen molar-refractivity contribution >= 4 is 21.4 Å². The summed E-state index contributed by atoms with van der Waals surface area (Å²) >= 11 is 5.79. The topological polar surface area (TPSA) is 54.4 Å². The van der Waals surface area contributed by atoms with Gasteiger partial charge in [-0.3, -0.25) is 0 Å². The van der Waals surface area contributed by atoms with Crippen molar-refractivity contribution in [1.29, 1.82) is 0 Å². The number of sulfone groups is 1. The minimum Gasteiger partial charge on any atom is -0.387 e. The molecule has 0 saturated heterocycles. The summed E-state index contributed by atoms with van der Waals surface area (Å²) in [5, 5.41) is 10.5. The highest BCUT2D eigenvalue weighted by atomic mass is 35.5. The molecular weight excluding hydrogens is 248 g/mol. The summed E-state index contributed by atoms with van der Waals surface area (Å²) in [7, 11) is -3.36. The minimum atomic E-state index is -3.36. The first-order valence-corrected chi connectivity index (χ1v) is 7.06. The lowest BCUT2D eigenvalue weighted by Gasteiger charge is -2.28. The van der Waals surface area contributed by atoms with Crippen LogP contribution >= 0.6 is 11.6 Å². The third-order valence-electron chi connectivity index (χ3n) is 2.78. The van der Waals surface area contributed by atoms with Crippen molar-refractivity contribution in [3.63, 3.8) is 0 Å². The van der Waals surface area contributed by atoms with Crippen LogP contribution in [-0.2, 0) is 9.84 Å². The molecule has 1 atom stereocenters. The fourth-order valence-electron chi connectivity index (χ4n) is 1.28. The number of aliphatic hydroxyl groups is 1. The molecule has 0 radical (unpaired) electrons. The van der Waals surface area contributed by atoms with E-state index in [1.807, 2.05) is 0 Å². The summed E-state index contributed by atoms with van der Waals surface area (Å²) in [6, 6.07) is 6.58. The Bertz CT molecular complexity index is 480. The number of benzene rings is 1. The minimum absolute atomic E-state index is 0.473. The van der Waals surface area contributed by atoms with Gasteiger partial charge in [0.1, 0.15) is 0 Å². The van der Waals surface area contributed by atoms with Crippen LogP contribution in [0.15, 0.2) is 24.3 Å². The lowest BCUT2D eigenvalue weighted by atomic mass is 9.98. The molecule has 0 amide bonds. The largest absolute Gasteiger partial charge is 0.387 e. The Morgan fingerprint density at radius 2 is 1.94 bits per heavy atom. The zero-order valence-electron chi connectivity index (χ0n) is 9.44. The molecule has 1 rings (SSSR count). The standard InChI is InChI=1S/C11H15ClO3S/c1-11(2,16(3,14)15)10(13)8-5-4-6-9(12)7-8/h4-7,10,13H,1-3H3. The molecule has 3 nitrogen and oxygen atoms in total. The molecule has 1 unspecified atom stereocenters. The summed E-state index contributed by atoms with van der Waals surface area (Å²) in [4.78, 5) is 0. The number of aliphatic hydroxyl groups excluding tert-OH is 1. The van der Waals surface area contributed by atoms with Gasteiger partial charge < -0.3 is 5.11 Å². The highest BCUT2D eigenvalue weighted by Gasteiger charge is 2.38. The average molecular weight is 263 g/mol. The Kier molecular flexibility index (Phi) is 3.67. The molecule has 90 valence electrons. The highest BCUT2D eigenvalue weighted by molar-refractivity contribution is 7.92. The molecule has 0 spiro atoms. The highest BCUT2D eigenvalue weighted by Crippen LogP contribution is 2.32. The van der Waals surface area contributed by atoms with Crippen molar-refractivity contribution in [2.75, 3.05) is 6.26 Å². The molecular formula is C11H15ClO3S. The Labute approximate surface area is 101 Å². The maximum absolute atomic E-state index is 11.6. The van der Waals surface area contributed by atoms with Crippen molar-refractivity contribution in [2.24, 2.45) is 0 Å². The van der Waals surface area contributed by atoms with Crippen LogP contribution in [0.5, 0.6) is 0 Å². The van der Waals surface area contributed by atoms with Crippen LogP contribution < -0.4 is 0 Å². The van der Waals surface area contributed by atoms with Crippen molar-refractivity contribution in [2.45, 2.75) is 24.7 Å². The molecule has 0 saturated carbocycles. The predicted molar refractivity (Wildman–Crippen MR) is 65.3 cm³/mol. The molecule has 1 aromatic rings. The number of rotatable bonds is 3. The summed E-state index contributed by atoms with van der Waals surface area (Å²) in [5.41, 5.74) is 0.503. The lowest BCUT2D eigenvalue weighted by molar-refractivity contribution is 0.139.